The van der Waals surface area contributed by atoms with E-state index in [2.05, 4.69) is 15.6 Å². The van der Waals surface area contributed by atoms with E-state index in [1.165, 1.54) is 6.92 Å². The summed E-state index contributed by atoms with van der Waals surface area (Å²) in [6.45, 7) is 1.44. The molecule has 2 heterocycles. The predicted molar refractivity (Wildman–Crippen MR) is 114 cm³/mol. The number of benzene rings is 2. The minimum Gasteiger partial charge on any atom is -0.326 e. The van der Waals surface area contributed by atoms with Crippen LogP contribution < -0.4 is 10.6 Å². The zero-order valence-electron chi connectivity index (χ0n) is 15.5. The largest absolute Gasteiger partial charge is 0.326 e. The number of carbonyl (C=O) groups is 2. The van der Waals surface area contributed by atoms with Gasteiger partial charge in [0.25, 0.3) is 5.91 Å². The Morgan fingerprint density at radius 3 is 2.17 bits per heavy atom. The maximum atomic E-state index is 12.6. The van der Waals surface area contributed by atoms with Crippen molar-refractivity contribution in [2.24, 2.45) is 0 Å². The number of carbonyl (C=O) groups excluding carboxylic acids is 2. The highest BCUT2D eigenvalue weighted by molar-refractivity contribution is 6.30. The molecule has 6 nitrogen and oxygen atoms in total. The quantitative estimate of drug-likeness (QED) is 0.509. The molecule has 0 bridgehead atoms. The molecule has 0 radical (unpaired) electrons. The lowest BCUT2D eigenvalue weighted by molar-refractivity contribution is -0.114. The number of hydrogen-bond acceptors (Lipinski definition) is 3. The number of anilines is 2. The molecule has 0 atom stereocenters. The Hall–Kier alpha value is -3.64. The van der Waals surface area contributed by atoms with E-state index >= 15 is 0 Å². The van der Waals surface area contributed by atoms with Gasteiger partial charge in [-0.2, -0.15) is 0 Å². The van der Waals surface area contributed by atoms with Gasteiger partial charge >= 0.3 is 0 Å². The zero-order chi connectivity index (χ0) is 20.4. The van der Waals surface area contributed by atoms with Crippen molar-refractivity contribution in [1.29, 1.82) is 0 Å². The van der Waals surface area contributed by atoms with E-state index in [-0.39, 0.29) is 11.8 Å². The van der Waals surface area contributed by atoms with Crippen LogP contribution >= 0.6 is 11.6 Å². The van der Waals surface area contributed by atoms with Gasteiger partial charge in [-0.15, -0.1) is 0 Å². The molecule has 2 N–H and O–H groups in total. The number of pyridine rings is 1. The van der Waals surface area contributed by atoms with Crippen LogP contribution in [-0.2, 0) is 4.79 Å². The van der Waals surface area contributed by atoms with E-state index in [4.69, 9.17) is 11.6 Å². The van der Waals surface area contributed by atoms with E-state index in [0.29, 0.717) is 22.0 Å². The van der Waals surface area contributed by atoms with E-state index in [1.807, 2.05) is 34.9 Å². The third-order valence-corrected chi connectivity index (χ3v) is 4.57. The standard InChI is InChI=1S/C22H17ClN4O2/c1-14(28)24-18-7-9-19(10-8-18)25-22(29)16-4-11-21-26-20(13-27(21)12-16)15-2-5-17(23)6-3-15/h2-13H,1H3,(H,24,28)(H,25,29). The second-order valence-electron chi connectivity index (χ2n) is 6.53. The van der Waals surface area contributed by atoms with Crippen LogP contribution in [0.1, 0.15) is 17.3 Å². The van der Waals surface area contributed by atoms with Crippen LogP contribution in [0.4, 0.5) is 11.4 Å². The Balaban J connectivity index is 1.53. The first-order chi connectivity index (χ1) is 14.0. The topological polar surface area (TPSA) is 75.5 Å². The Kier molecular flexibility index (Phi) is 5.01. The third kappa shape index (κ3) is 4.28. The summed E-state index contributed by atoms with van der Waals surface area (Å²) in [7, 11) is 0. The Labute approximate surface area is 172 Å². The number of rotatable bonds is 4. The van der Waals surface area contributed by atoms with E-state index in [1.54, 1.807) is 42.6 Å². The lowest BCUT2D eigenvalue weighted by atomic mass is 10.2. The number of hydrogen-bond donors (Lipinski definition) is 2. The van der Waals surface area contributed by atoms with Crippen molar-refractivity contribution in [3.63, 3.8) is 0 Å². The fraction of sp³-hybridized carbons (Fsp3) is 0.0455. The summed E-state index contributed by atoms with van der Waals surface area (Å²) < 4.78 is 1.82. The molecule has 2 amide bonds. The van der Waals surface area contributed by atoms with E-state index in [9.17, 15) is 9.59 Å². The molecule has 0 unspecified atom stereocenters. The summed E-state index contributed by atoms with van der Waals surface area (Å²) in [6, 6.07) is 17.9. The first-order valence-electron chi connectivity index (χ1n) is 8.92. The summed E-state index contributed by atoms with van der Waals surface area (Å²) >= 11 is 5.94. The lowest BCUT2D eigenvalue weighted by Gasteiger charge is -2.07. The highest BCUT2D eigenvalue weighted by atomic mass is 35.5. The van der Waals surface area contributed by atoms with Gasteiger partial charge < -0.3 is 15.0 Å². The number of nitrogens with one attached hydrogen (secondary N) is 2. The smallest absolute Gasteiger partial charge is 0.257 e. The van der Waals surface area contributed by atoms with E-state index < -0.39 is 0 Å². The van der Waals surface area contributed by atoms with Crippen molar-refractivity contribution < 1.29 is 9.59 Å². The Morgan fingerprint density at radius 2 is 1.52 bits per heavy atom. The molecule has 0 saturated carbocycles. The number of nitrogens with zero attached hydrogens (tertiary/aromatic N) is 2. The number of aromatic nitrogens is 2. The van der Waals surface area contributed by atoms with Crippen LogP contribution in [0.25, 0.3) is 16.9 Å². The number of fused-ring (bicyclic) bond motifs is 1. The average Bonchev–Trinajstić information content (AvgIpc) is 3.13. The Morgan fingerprint density at radius 1 is 0.862 bits per heavy atom. The predicted octanol–water partition coefficient (Wildman–Crippen LogP) is 4.87. The molecular formula is C22H17ClN4O2. The molecule has 0 saturated heterocycles. The minimum absolute atomic E-state index is 0.145. The van der Waals surface area contributed by atoms with Crippen molar-refractivity contribution in [3.8, 4) is 11.3 Å². The van der Waals surface area contributed by atoms with Gasteiger partial charge in [0.05, 0.1) is 11.3 Å². The third-order valence-electron chi connectivity index (χ3n) is 4.32. The molecule has 0 fully saturated rings. The molecule has 0 aliphatic carbocycles. The Bertz CT molecular complexity index is 1200. The minimum atomic E-state index is -0.235. The summed E-state index contributed by atoms with van der Waals surface area (Å²) in [5.74, 6) is -0.380. The van der Waals surface area contributed by atoms with Crippen LogP contribution in [-0.4, -0.2) is 21.2 Å². The monoisotopic (exact) mass is 404 g/mol. The molecule has 144 valence electrons. The zero-order valence-corrected chi connectivity index (χ0v) is 16.3. The maximum Gasteiger partial charge on any atom is 0.257 e. The van der Waals surface area contributed by atoms with Crippen molar-refractivity contribution in [2.75, 3.05) is 10.6 Å². The molecule has 2 aromatic heterocycles. The SMILES string of the molecule is CC(=O)Nc1ccc(NC(=O)c2ccc3nc(-c4ccc(Cl)cc4)cn3c2)cc1. The van der Waals surface area contributed by atoms with Gasteiger partial charge in [0.2, 0.25) is 5.91 Å². The highest BCUT2D eigenvalue weighted by Gasteiger charge is 2.10. The van der Waals surface area contributed by atoms with Crippen LogP contribution in [0.15, 0.2) is 73.1 Å². The summed E-state index contributed by atoms with van der Waals surface area (Å²) in [5, 5.41) is 6.20. The first-order valence-corrected chi connectivity index (χ1v) is 9.29. The van der Waals surface area contributed by atoms with Gasteiger partial charge in [0, 0.05) is 41.3 Å². The lowest BCUT2D eigenvalue weighted by Crippen LogP contribution is -2.12. The molecule has 2 aromatic carbocycles. The second-order valence-corrected chi connectivity index (χ2v) is 6.97. The summed E-state index contributed by atoms with van der Waals surface area (Å²) in [5.41, 5.74) is 4.30. The van der Waals surface area contributed by atoms with Crippen LogP contribution in [0.5, 0.6) is 0 Å². The molecule has 4 rings (SSSR count). The van der Waals surface area contributed by atoms with E-state index in [0.717, 1.165) is 16.9 Å². The fourth-order valence-corrected chi connectivity index (χ4v) is 3.06. The van der Waals surface area contributed by atoms with Crippen LogP contribution in [0.3, 0.4) is 0 Å². The van der Waals surface area contributed by atoms with Crippen molar-refractivity contribution >= 4 is 40.4 Å². The number of amides is 2. The number of halogens is 1. The van der Waals surface area contributed by atoms with Crippen LogP contribution in [0.2, 0.25) is 5.02 Å². The molecule has 4 aromatic rings. The molecule has 7 heteroatoms. The van der Waals surface area contributed by atoms with Crippen molar-refractivity contribution in [3.05, 3.63) is 83.6 Å². The van der Waals surface area contributed by atoms with Crippen molar-refractivity contribution in [2.45, 2.75) is 6.92 Å². The van der Waals surface area contributed by atoms with Gasteiger partial charge in [0.1, 0.15) is 5.65 Å². The molecule has 0 spiro atoms. The second kappa shape index (κ2) is 7.77. The number of imidazole rings is 1. The molecule has 0 aliphatic heterocycles. The maximum absolute atomic E-state index is 12.6. The first kappa shape index (κ1) is 18.7. The molecular weight excluding hydrogens is 388 g/mol. The van der Waals surface area contributed by atoms with Crippen molar-refractivity contribution in [1.82, 2.24) is 9.38 Å². The van der Waals surface area contributed by atoms with Gasteiger partial charge in [0.15, 0.2) is 0 Å². The van der Waals surface area contributed by atoms with Gasteiger partial charge in [-0.1, -0.05) is 23.7 Å². The highest BCUT2D eigenvalue weighted by Crippen LogP contribution is 2.22. The van der Waals surface area contributed by atoms with Gasteiger partial charge in [-0.3, -0.25) is 9.59 Å². The molecule has 29 heavy (non-hydrogen) atoms. The summed E-state index contributed by atoms with van der Waals surface area (Å²) in [4.78, 5) is 28.3. The van der Waals surface area contributed by atoms with Crippen LogP contribution in [0, 0.1) is 0 Å². The van der Waals surface area contributed by atoms with Gasteiger partial charge in [-0.25, -0.2) is 4.98 Å². The summed E-state index contributed by atoms with van der Waals surface area (Å²) in [6.07, 6.45) is 3.61. The molecule has 0 aliphatic rings. The normalized spacial score (nSPS) is 10.7. The fourth-order valence-electron chi connectivity index (χ4n) is 2.93. The average molecular weight is 405 g/mol. The van der Waals surface area contributed by atoms with Gasteiger partial charge in [-0.05, 0) is 48.5 Å².